The molecule has 0 amide bonds. The van der Waals surface area contributed by atoms with E-state index >= 15 is 0 Å². The van der Waals surface area contributed by atoms with Gasteiger partial charge in [0.2, 0.25) is 0 Å². The van der Waals surface area contributed by atoms with Gasteiger partial charge in [0.25, 0.3) is 0 Å². The molecule has 86 valence electrons. The molecule has 0 N–H and O–H groups in total. The van der Waals surface area contributed by atoms with Gasteiger partial charge >= 0.3 is 0 Å². The van der Waals surface area contributed by atoms with Crippen LogP contribution < -0.4 is 0 Å². The minimum absolute atomic E-state index is 0.309. The molecule has 0 bridgehead atoms. The number of pyridine rings is 1. The Labute approximate surface area is 96.1 Å². The molecule has 1 aromatic heterocycles. The highest BCUT2D eigenvalue weighted by Gasteiger charge is 2.07. The summed E-state index contributed by atoms with van der Waals surface area (Å²) < 4.78 is 22.5. The van der Waals surface area contributed by atoms with Gasteiger partial charge in [-0.1, -0.05) is 26.0 Å². The molecule has 1 aromatic carbocycles. The molecule has 2 rings (SSSR count). The molecule has 0 saturated heterocycles. The Kier molecular flexibility index (Phi) is 4.01. The van der Waals surface area contributed by atoms with Crippen LogP contribution >= 0.6 is 0 Å². The highest BCUT2D eigenvalue weighted by molar-refractivity contribution is 7.90. The van der Waals surface area contributed by atoms with Crippen molar-refractivity contribution < 1.29 is 8.42 Å². The summed E-state index contributed by atoms with van der Waals surface area (Å²) in [6.45, 7) is 4.00. The molecule has 0 aliphatic heterocycles. The standard InChI is InChI=1S/C10H9NO2S.C2H6/c1-14(12,13)9-5-4-8-3-2-6-11-10(8)7-9;1-2/h2-7H,1H3;1-2H3. The van der Waals surface area contributed by atoms with Crippen molar-refractivity contribution in [1.29, 1.82) is 0 Å². The quantitative estimate of drug-likeness (QED) is 0.766. The van der Waals surface area contributed by atoms with Crippen LogP contribution in [-0.4, -0.2) is 19.7 Å². The SMILES string of the molecule is CC.CS(=O)(=O)c1ccc2cccnc2c1. The molecule has 0 spiro atoms. The third-order valence-corrected chi connectivity index (χ3v) is 3.12. The van der Waals surface area contributed by atoms with Crippen molar-refractivity contribution in [3.63, 3.8) is 0 Å². The number of aromatic nitrogens is 1. The van der Waals surface area contributed by atoms with E-state index in [1.807, 2.05) is 26.0 Å². The topological polar surface area (TPSA) is 47.0 Å². The summed E-state index contributed by atoms with van der Waals surface area (Å²) in [5.74, 6) is 0. The summed E-state index contributed by atoms with van der Waals surface area (Å²) in [4.78, 5) is 4.40. The van der Waals surface area contributed by atoms with Crippen LogP contribution in [0.4, 0.5) is 0 Å². The van der Waals surface area contributed by atoms with E-state index in [1.54, 1.807) is 24.4 Å². The fourth-order valence-electron chi connectivity index (χ4n) is 1.28. The Hall–Kier alpha value is -1.42. The molecule has 3 nitrogen and oxygen atoms in total. The van der Waals surface area contributed by atoms with E-state index in [4.69, 9.17) is 0 Å². The van der Waals surface area contributed by atoms with Crippen molar-refractivity contribution >= 4 is 20.7 Å². The molecule has 0 fully saturated rings. The first-order valence-corrected chi connectivity index (χ1v) is 7.01. The number of sulfone groups is 1. The monoisotopic (exact) mass is 237 g/mol. The van der Waals surface area contributed by atoms with Gasteiger partial charge in [-0.2, -0.15) is 0 Å². The Morgan fingerprint density at radius 1 is 1.12 bits per heavy atom. The second-order valence-corrected chi connectivity index (χ2v) is 5.15. The average molecular weight is 237 g/mol. The zero-order valence-electron chi connectivity index (χ0n) is 9.64. The molecule has 1 heterocycles. The van der Waals surface area contributed by atoms with Crippen LogP contribution in [0.2, 0.25) is 0 Å². The van der Waals surface area contributed by atoms with Gasteiger partial charge in [-0.3, -0.25) is 4.98 Å². The van der Waals surface area contributed by atoms with Gasteiger partial charge in [-0.15, -0.1) is 0 Å². The van der Waals surface area contributed by atoms with Gasteiger partial charge in [-0.25, -0.2) is 8.42 Å². The zero-order valence-corrected chi connectivity index (χ0v) is 10.5. The summed E-state index contributed by atoms with van der Waals surface area (Å²) in [5.41, 5.74) is 0.704. The summed E-state index contributed by atoms with van der Waals surface area (Å²) >= 11 is 0. The average Bonchev–Trinajstić information content (AvgIpc) is 2.30. The largest absolute Gasteiger partial charge is 0.256 e. The maximum atomic E-state index is 11.2. The molecule has 0 radical (unpaired) electrons. The van der Waals surface area contributed by atoms with Crippen LogP contribution in [0.3, 0.4) is 0 Å². The molecule has 0 unspecified atom stereocenters. The lowest BCUT2D eigenvalue weighted by Crippen LogP contribution is -1.96. The molecule has 2 aromatic rings. The van der Waals surface area contributed by atoms with Crippen molar-refractivity contribution in [2.24, 2.45) is 0 Å². The van der Waals surface area contributed by atoms with Crippen molar-refractivity contribution in [2.75, 3.05) is 6.26 Å². The van der Waals surface area contributed by atoms with Gasteiger partial charge < -0.3 is 0 Å². The molecular formula is C12H15NO2S. The number of hydrogen-bond acceptors (Lipinski definition) is 3. The first-order chi connectivity index (χ1) is 7.57. The zero-order chi connectivity index (χ0) is 12.2. The Morgan fingerprint density at radius 2 is 1.81 bits per heavy atom. The van der Waals surface area contributed by atoms with Crippen molar-refractivity contribution in [2.45, 2.75) is 18.7 Å². The van der Waals surface area contributed by atoms with E-state index in [0.29, 0.717) is 10.4 Å². The van der Waals surface area contributed by atoms with Crippen molar-refractivity contribution in [1.82, 2.24) is 4.98 Å². The first kappa shape index (κ1) is 12.6. The first-order valence-electron chi connectivity index (χ1n) is 5.12. The smallest absolute Gasteiger partial charge is 0.175 e. The second-order valence-electron chi connectivity index (χ2n) is 3.13. The highest BCUT2D eigenvalue weighted by atomic mass is 32.2. The van der Waals surface area contributed by atoms with E-state index < -0.39 is 9.84 Å². The number of hydrogen-bond donors (Lipinski definition) is 0. The predicted octanol–water partition coefficient (Wildman–Crippen LogP) is 2.66. The fraction of sp³-hybridized carbons (Fsp3) is 0.250. The predicted molar refractivity (Wildman–Crippen MR) is 66.2 cm³/mol. The van der Waals surface area contributed by atoms with Crippen LogP contribution in [-0.2, 0) is 9.84 Å². The summed E-state index contributed by atoms with van der Waals surface area (Å²) in [6, 6.07) is 8.67. The van der Waals surface area contributed by atoms with E-state index in [2.05, 4.69) is 4.98 Å². The van der Waals surface area contributed by atoms with E-state index in [1.165, 1.54) is 6.26 Å². The number of benzene rings is 1. The van der Waals surface area contributed by atoms with Gasteiger partial charge in [0.05, 0.1) is 10.4 Å². The third-order valence-electron chi connectivity index (χ3n) is 2.01. The second kappa shape index (κ2) is 5.07. The normalized spacial score (nSPS) is 10.7. The molecule has 0 aliphatic carbocycles. The molecule has 0 aliphatic rings. The van der Waals surface area contributed by atoms with E-state index in [-0.39, 0.29) is 0 Å². The lowest BCUT2D eigenvalue weighted by molar-refractivity contribution is 0.602. The maximum absolute atomic E-state index is 11.2. The van der Waals surface area contributed by atoms with Crippen LogP contribution in [0, 0.1) is 0 Å². The summed E-state index contributed by atoms with van der Waals surface area (Å²) in [7, 11) is -3.13. The van der Waals surface area contributed by atoms with Crippen molar-refractivity contribution in [3.05, 3.63) is 36.5 Å². The Morgan fingerprint density at radius 3 is 2.44 bits per heavy atom. The molecular weight excluding hydrogens is 222 g/mol. The van der Waals surface area contributed by atoms with E-state index in [9.17, 15) is 8.42 Å². The molecule has 4 heteroatoms. The molecule has 16 heavy (non-hydrogen) atoms. The van der Waals surface area contributed by atoms with Crippen LogP contribution in [0.25, 0.3) is 10.9 Å². The van der Waals surface area contributed by atoms with Crippen LogP contribution in [0.5, 0.6) is 0 Å². The van der Waals surface area contributed by atoms with Gasteiger partial charge in [0, 0.05) is 17.8 Å². The summed E-state index contributed by atoms with van der Waals surface area (Å²) in [5, 5.41) is 0.944. The minimum Gasteiger partial charge on any atom is -0.256 e. The van der Waals surface area contributed by atoms with Crippen LogP contribution in [0.15, 0.2) is 41.4 Å². The number of fused-ring (bicyclic) bond motifs is 1. The summed E-state index contributed by atoms with van der Waals surface area (Å²) in [6.07, 6.45) is 2.84. The molecule has 0 atom stereocenters. The van der Waals surface area contributed by atoms with Gasteiger partial charge in [0.15, 0.2) is 9.84 Å². The third kappa shape index (κ3) is 2.79. The Bertz CT molecular complexity index is 576. The lowest BCUT2D eigenvalue weighted by atomic mass is 10.2. The number of nitrogens with zero attached hydrogens (tertiary/aromatic N) is 1. The van der Waals surface area contributed by atoms with E-state index in [0.717, 1.165) is 5.39 Å². The lowest BCUT2D eigenvalue weighted by Gasteiger charge is -1.99. The number of rotatable bonds is 1. The highest BCUT2D eigenvalue weighted by Crippen LogP contribution is 2.16. The van der Waals surface area contributed by atoms with Crippen LogP contribution in [0.1, 0.15) is 13.8 Å². The Balaban J connectivity index is 0.000000606. The fourth-order valence-corrected chi connectivity index (χ4v) is 1.92. The maximum Gasteiger partial charge on any atom is 0.175 e. The van der Waals surface area contributed by atoms with Crippen molar-refractivity contribution in [3.8, 4) is 0 Å². The minimum atomic E-state index is -3.13. The van der Waals surface area contributed by atoms with Gasteiger partial charge in [0.1, 0.15) is 0 Å². The van der Waals surface area contributed by atoms with Gasteiger partial charge in [-0.05, 0) is 18.2 Å². The molecule has 0 saturated carbocycles.